The van der Waals surface area contributed by atoms with Gasteiger partial charge in [0.2, 0.25) is 0 Å². The van der Waals surface area contributed by atoms with Crippen molar-refractivity contribution < 1.29 is 0 Å². The van der Waals surface area contributed by atoms with Gasteiger partial charge in [-0.3, -0.25) is 0 Å². The molecule has 0 aliphatic rings. The number of rotatable bonds is 8. The first kappa shape index (κ1) is 39.7. The zero-order valence-electron chi connectivity index (χ0n) is 33.1. The highest BCUT2D eigenvalue weighted by atomic mass is 31.2. The van der Waals surface area contributed by atoms with Crippen molar-refractivity contribution >= 4 is 50.6 Å². The van der Waals surface area contributed by atoms with Gasteiger partial charge >= 0.3 is 15.1 Å². The van der Waals surface area contributed by atoms with Crippen LogP contribution in [0.5, 0.6) is 0 Å². The van der Waals surface area contributed by atoms with Crippen LogP contribution in [-0.2, 0) is 21.7 Å². The molecule has 0 heterocycles. The van der Waals surface area contributed by atoms with E-state index >= 15 is 0 Å². The Bertz CT molecular complexity index is 1430. The van der Waals surface area contributed by atoms with Crippen molar-refractivity contribution in [2.75, 3.05) is 0 Å². The Labute approximate surface area is 305 Å². The topological polar surface area (TPSA) is 0 Å². The smallest absolute Gasteiger partial charge is 0.0561 e. The second-order valence-corrected chi connectivity index (χ2v) is 25.6. The fourth-order valence-electron chi connectivity index (χ4n) is 6.97. The normalized spacial score (nSPS) is 14.8. The van der Waals surface area contributed by atoms with Crippen LogP contribution in [0, 0.1) is 0 Å². The summed E-state index contributed by atoms with van der Waals surface area (Å²) in [6.45, 7) is 32.0. The van der Waals surface area contributed by atoms with E-state index in [4.69, 9.17) is 15.1 Å². The molecular weight excluding hydrogens is 624 g/mol. The fourth-order valence-corrected chi connectivity index (χ4v) is 13.6. The van der Waals surface area contributed by atoms with Crippen molar-refractivity contribution in [2.45, 2.75) is 136 Å². The first-order chi connectivity index (χ1) is 22.4. The molecule has 49 heavy (non-hydrogen) atoms. The number of hydrogen-bond donors (Lipinski definition) is 0. The lowest BCUT2D eigenvalue weighted by molar-refractivity contribution is 0.590. The molecule has 0 N–H and O–H groups in total. The van der Waals surface area contributed by atoms with Crippen LogP contribution in [0.3, 0.4) is 0 Å². The molecule has 0 bridgehead atoms. The highest BCUT2D eigenvalue weighted by Crippen LogP contribution is 2.63. The predicted octanol–water partition coefficient (Wildman–Crippen LogP) is 10.8. The van der Waals surface area contributed by atoms with Gasteiger partial charge in [-0.2, -0.15) is 0 Å². The van der Waals surface area contributed by atoms with Gasteiger partial charge in [0.1, 0.15) is 0 Å². The quantitative estimate of drug-likeness (QED) is 0.128. The van der Waals surface area contributed by atoms with Gasteiger partial charge in [0.25, 0.3) is 0 Å². The van der Waals surface area contributed by atoms with Crippen molar-refractivity contribution in [1.29, 1.82) is 0 Å². The minimum absolute atomic E-state index is 0.0808. The molecule has 4 heteroatoms. The lowest BCUT2D eigenvalue weighted by Crippen LogP contribution is -2.36. The Morgan fingerprint density at radius 1 is 0.367 bits per heavy atom. The van der Waals surface area contributed by atoms with E-state index in [1.54, 1.807) is 0 Å². The Morgan fingerprint density at radius 3 is 0.673 bits per heavy atom. The summed E-state index contributed by atoms with van der Waals surface area (Å²) < 4.78 is 0. The molecule has 2 atom stereocenters. The van der Waals surface area contributed by atoms with E-state index in [9.17, 15) is 0 Å². The first-order valence-corrected chi connectivity index (χ1v) is 22.0. The second-order valence-electron chi connectivity index (χ2n) is 18.7. The lowest BCUT2D eigenvalue weighted by atomic mass is 9.87. The molecule has 0 unspecified atom stereocenters. The molecule has 0 aliphatic carbocycles. The third kappa shape index (κ3) is 8.51. The van der Waals surface area contributed by atoms with Crippen LogP contribution in [0.2, 0.25) is 0 Å². The minimum Gasteiger partial charge on any atom is -0.0561 e. The van der Waals surface area contributed by atoms with Crippen molar-refractivity contribution in [1.82, 2.24) is 0 Å². The summed E-state index contributed by atoms with van der Waals surface area (Å²) in [7, 11) is 11.2. The summed E-state index contributed by atoms with van der Waals surface area (Å²) in [6.07, 6.45) is 0.929. The lowest BCUT2D eigenvalue weighted by Gasteiger charge is -2.36. The van der Waals surface area contributed by atoms with Crippen molar-refractivity contribution in [3.05, 3.63) is 119 Å². The molecule has 0 saturated heterocycles. The maximum absolute atomic E-state index is 7.89. The summed E-state index contributed by atoms with van der Waals surface area (Å²) in [5.74, 6) is 0. The van der Waals surface area contributed by atoms with Crippen LogP contribution in [-0.4, -0.2) is 26.4 Å². The van der Waals surface area contributed by atoms with Gasteiger partial charge in [0.15, 0.2) is 0 Å². The monoisotopic (exact) mass is 686 g/mol. The predicted molar refractivity (Wildman–Crippen MR) is 228 cm³/mol. The van der Waals surface area contributed by atoms with Crippen LogP contribution in [0.1, 0.15) is 126 Å². The van der Waals surface area contributed by atoms with Gasteiger partial charge in [-0.25, -0.2) is 0 Å². The zero-order valence-corrected chi connectivity index (χ0v) is 34.9. The summed E-state index contributed by atoms with van der Waals surface area (Å²) >= 11 is 0. The number of benzene rings is 4. The van der Waals surface area contributed by atoms with Gasteiger partial charge in [-0.1, -0.05) is 132 Å². The van der Waals surface area contributed by atoms with Crippen molar-refractivity contribution in [3.8, 4) is 0 Å². The molecule has 0 aromatic heterocycles. The van der Waals surface area contributed by atoms with Gasteiger partial charge in [-0.15, -0.1) is 0 Å². The van der Waals surface area contributed by atoms with Gasteiger partial charge in [-0.05, 0) is 106 Å². The summed E-state index contributed by atoms with van der Waals surface area (Å²) in [5.41, 5.74) is 6.08. The summed E-state index contributed by atoms with van der Waals surface area (Å²) in [5, 5.41) is 5.03. The Hall–Kier alpha value is -2.13. The summed E-state index contributed by atoms with van der Waals surface area (Å²) in [4.78, 5) is 0. The standard InChI is InChI=1S/C45H62B2P2/c1-32(48(46,38-23-15-34(16-24-38)42(3,4)5)39-25-17-35(18-26-39)43(6,7)8)31-33(2)49(47,40-27-19-36(20-28-40)44(9,10)11)41-29-21-37(22-30-41)45(12,13)14/h15-30,32-33H,31H2,1-14H3/q+2/t32-,33-/m0/s1. The van der Waals surface area contributed by atoms with Gasteiger partial charge in [0, 0.05) is 20.7 Å². The van der Waals surface area contributed by atoms with E-state index in [1.807, 2.05) is 0 Å². The molecule has 256 valence electrons. The van der Waals surface area contributed by atoms with Crippen molar-refractivity contribution in [3.63, 3.8) is 0 Å². The van der Waals surface area contributed by atoms with Crippen LogP contribution < -0.4 is 21.2 Å². The van der Waals surface area contributed by atoms with Crippen LogP contribution in [0.4, 0.5) is 0 Å². The molecule has 4 radical (unpaired) electrons. The SMILES string of the molecule is [B][P+](c1ccc(C(C)(C)C)cc1)(c1ccc(C(C)(C)C)cc1)[C@@H](C)C[C@H](C)[P+]([B])(c1ccc(C(C)(C)C)cc1)c1ccc(C(C)(C)C)cc1. The molecule has 0 saturated carbocycles. The summed E-state index contributed by atoms with van der Waals surface area (Å²) in [6, 6.07) is 36.9. The Morgan fingerprint density at radius 2 is 0.531 bits per heavy atom. The largest absolute Gasteiger partial charge is 0.377 e. The number of hydrogen-bond acceptors (Lipinski definition) is 0. The van der Waals surface area contributed by atoms with Gasteiger partial charge < -0.3 is 0 Å². The Balaban J connectivity index is 1.84. The third-order valence-electron chi connectivity index (χ3n) is 10.7. The molecule has 4 aromatic rings. The molecule has 4 rings (SSSR count). The first-order valence-electron chi connectivity index (χ1n) is 18.2. The van der Waals surface area contributed by atoms with Gasteiger partial charge in [0.05, 0.1) is 32.5 Å². The molecule has 4 aromatic carbocycles. The molecule has 0 fully saturated rings. The molecule has 0 nitrogen and oxygen atoms in total. The van der Waals surface area contributed by atoms with Crippen LogP contribution in [0.15, 0.2) is 97.1 Å². The van der Waals surface area contributed by atoms with E-state index in [0.29, 0.717) is 0 Å². The Kier molecular flexibility index (Phi) is 11.4. The highest BCUT2D eigenvalue weighted by Gasteiger charge is 2.49. The van der Waals surface area contributed by atoms with Crippen LogP contribution >= 0.6 is 14.3 Å². The highest BCUT2D eigenvalue weighted by molar-refractivity contribution is 8.09. The average molecular weight is 687 g/mol. The molecular formula is C45H62B2P2+2. The second kappa shape index (κ2) is 14.1. The van der Waals surface area contributed by atoms with E-state index in [0.717, 1.165) is 6.42 Å². The van der Waals surface area contributed by atoms with Crippen LogP contribution in [0.25, 0.3) is 0 Å². The maximum atomic E-state index is 7.89. The van der Waals surface area contributed by atoms with E-state index in [-0.39, 0.29) is 33.0 Å². The zero-order chi connectivity index (χ0) is 36.8. The molecule has 0 amide bonds. The van der Waals surface area contributed by atoms with E-state index < -0.39 is 14.3 Å². The van der Waals surface area contributed by atoms with E-state index in [1.165, 1.54) is 43.5 Å². The van der Waals surface area contributed by atoms with Crippen molar-refractivity contribution in [2.24, 2.45) is 0 Å². The average Bonchev–Trinajstić information content (AvgIpc) is 3.02. The minimum atomic E-state index is -2.31. The molecule has 0 aliphatic heterocycles. The third-order valence-corrected chi connectivity index (χ3v) is 18.5. The van der Waals surface area contributed by atoms with E-state index in [2.05, 4.69) is 194 Å². The fraction of sp³-hybridized carbons (Fsp3) is 0.467. The maximum Gasteiger partial charge on any atom is 0.377 e. The molecule has 0 spiro atoms.